The van der Waals surface area contributed by atoms with Crippen molar-refractivity contribution in [2.75, 3.05) is 6.61 Å². The summed E-state index contributed by atoms with van der Waals surface area (Å²) in [7, 11) is 0. The quantitative estimate of drug-likeness (QED) is 0.219. The Morgan fingerprint density at radius 3 is 1.75 bits per heavy atom. The van der Waals surface area contributed by atoms with Crippen LogP contribution in [0, 0.1) is 0 Å². The Kier molecular flexibility index (Phi) is 20.0. The molecule has 116 valence electrons. The SMILES string of the molecule is CCCCCCCCCCCCOC(=O)CC(=O)O.[BaH2]. The van der Waals surface area contributed by atoms with Gasteiger partial charge in [-0.3, -0.25) is 9.59 Å². The molecule has 4 nitrogen and oxygen atoms in total. The van der Waals surface area contributed by atoms with Crippen LogP contribution in [0.3, 0.4) is 0 Å². The molecule has 0 aromatic carbocycles. The van der Waals surface area contributed by atoms with E-state index in [0.29, 0.717) is 6.61 Å². The van der Waals surface area contributed by atoms with Crippen molar-refractivity contribution in [1.82, 2.24) is 0 Å². The van der Waals surface area contributed by atoms with Gasteiger partial charge in [0.15, 0.2) is 0 Å². The molecule has 20 heavy (non-hydrogen) atoms. The van der Waals surface area contributed by atoms with E-state index in [0.717, 1.165) is 12.8 Å². The molecule has 0 bridgehead atoms. The van der Waals surface area contributed by atoms with Gasteiger partial charge in [0, 0.05) is 0 Å². The van der Waals surface area contributed by atoms with E-state index in [9.17, 15) is 9.59 Å². The molecule has 0 saturated heterocycles. The molecule has 0 heterocycles. The van der Waals surface area contributed by atoms with Gasteiger partial charge in [0.25, 0.3) is 0 Å². The van der Waals surface area contributed by atoms with Gasteiger partial charge < -0.3 is 9.84 Å². The number of carboxylic acid groups (broad SMARTS) is 1. The summed E-state index contributed by atoms with van der Waals surface area (Å²) in [4.78, 5) is 21.1. The van der Waals surface area contributed by atoms with Crippen LogP contribution in [-0.2, 0) is 14.3 Å². The number of hydrogen-bond acceptors (Lipinski definition) is 3. The monoisotopic (exact) mass is 412 g/mol. The van der Waals surface area contributed by atoms with E-state index in [1.807, 2.05) is 0 Å². The summed E-state index contributed by atoms with van der Waals surface area (Å²) in [5.74, 6) is -1.77. The van der Waals surface area contributed by atoms with Crippen molar-refractivity contribution in [3.8, 4) is 0 Å². The summed E-state index contributed by atoms with van der Waals surface area (Å²) in [5.41, 5.74) is 0. The van der Waals surface area contributed by atoms with Crippen LogP contribution in [0.1, 0.15) is 77.6 Å². The van der Waals surface area contributed by atoms with E-state index in [-0.39, 0.29) is 48.9 Å². The van der Waals surface area contributed by atoms with Gasteiger partial charge in [0.2, 0.25) is 0 Å². The van der Waals surface area contributed by atoms with Gasteiger partial charge >= 0.3 is 60.8 Å². The Hall–Kier alpha value is 0.511. The Morgan fingerprint density at radius 2 is 1.30 bits per heavy atom. The number of carbonyl (C=O) groups is 2. The van der Waals surface area contributed by atoms with E-state index in [4.69, 9.17) is 9.84 Å². The van der Waals surface area contributed by atoms with E-state index in [1.165, 1.54) is 51.4 Å². The van der Waals surface area contributed by atoms with Crippen molar-refractivity contribution in [1.29, 1.82) is 0 Å². The van der Waals surface area contributed by atoms with Crippen LogP contribution in [0.4, 0.5) is 0 Å². The zero-order valence-electron chi connectivity index (χ0n) is 12.2. The number of esters is 1. The molecule has 0 aromatic rings. The first-order valence-electron chi connectivity index (χ1n) is 7.54. The first-order chi connectivity index (χ1) is 9.16. The molecule has 0 radical (unpaired) electrons. The Morgan fingerprint density at radius 1 is 0.850 bits per heavy atom. The normalized spacial score (nSPS) is 9.85. The Bertz CT molecular complexity index is 244. The van der Waals surface area contributed by atoms with Crippen molar-refractivity contribution in [2.45, 2.75) is 77.6 Å². The second-order valence-electron chi connectivity index (χ2n) is 4.97. The van der Waals surface area contributed by atoms with E-state index in [2.05, 4.69) is 6.92 Å². The molecule has 0 aromatic heterocycles. The molecule has 0 aliphatic rings. The molecule has 5 heteroatoms. The fourth-order valence-electron chi connectivity index (χ4n) is 1.95. The zero-order chi connectivity index (χ0) is 14.3. The average Bonchev–Trinajstić information content (AvgIpc) is 2.35. The van der Waals surface area contributed by atoms with Crippen LogP contribution in [0.5, 0.6) is 0 Å². The fraction of sp³-hybridized carbons (Fsp3) is 0.867. The standard InChI is InChI=1S/C15H28O4.Ba.2H/c1-2-3-4-5-6-7-8-9-10-11-12-19-15(18)13-14(16)17;;;/h2-13H2,1H3,(H,16,17);;;. The maximum atomic E-state index is 10.9. The summed E-state index contributed by atoms with van der Waals surface area (Å²) in [5, 5.41) is 8.36. The average molecular weight is 412 g/mol. The molecule has 0 saturated carbocycles. The van der Waals surface area contributed by atoms with Gasteiger partial charge in [-0.1, -0.05) is 64.7 Å². The van der Waals surface area contributed by atoms with Gasteiger partial charge in [0.1, 0.15) is 6.42 Å². The first kappa shape index (κ1) is 22.8. The summed E-state index contributed by atoms with van der Waals surface area (Å²) in [6.07, 6.45) is 11.7. The number of ether oxygens (including phenoxy) is 1. The van der Waals surface area contributed by atoms with Crippen LogP contribution in [0.2, 0.25) is 0 Å². The van der Waals surface area contributed by atoms with Crippen molar-refractivity contribution < 1.29 is 19.4 Å². The minimum atomic E-state index is -1.13. The second kappa shape index (κ2) is 17.6. The van der Waals surface area contributed by atoms with Crippen LogP contribution in [0.25, 0.3) is 0 Å². The third-order valence-electron chi connectivity index (χ3n) is 3.06. The second-order valence-corrected chi connectivity index (χ2v) is 4.97. The predicted octanol–water partition coefficient (Wildman–Crippen LogP) is 3.01. The van der Waals surface area contributed by atoms with E-state index < -0.39 is 18.4 Å². The Labute approximate surface area is 163 Å². The summed E-state index contributed by atoms with van der Waals surface area (Å²) in [6, 6.07) is 0. The Balaban J connectivity index is 0. The van der Waals surface area contributed by atoms with Crippen LogP contribution in [0.15, 0.2) is 0 Å². The molecule has 0 aliphatic carbocycles. The van der Waals surface area contributed by atoms with Gasteiger partial charge in [0.05, 0.1) is 6.61 Å². The number of hydrogen-bond donors (Lipinski definition) is 1. The van der Waals surface area contributed by atoms with Gasteiger partial charge in [-0.05, 0) is 6.42 Å². The van der Waals surface area contributed by atoms with Crippen LogP contribution in [-0.4, -0.2) is 72.5 Å². The molecule has 0 rings (SSSR count). The van der Waals surface area contributed by atoms with Crippen molar-refractivity contribution in [2.24, 2.45) is 0 Å². The van der Waals surface area contributed by atoms with Crippen molar-refractivity contribution >= 4 is 60.8 Å². The number of unbranched alkanes of at least 4 members (excludes halogenated alkanes) is 9. The number of rotatable bonds is 13. The minimum absolute atomic E-state index is 0. The summed E-state index contributed by atoms with van der Waals surface area (Å²) in [6.45, 7) is 2.58. The maximum absolute atomic E-state index is 10.9. The molecule has 0 amide bonds. The third-order valence-corrected chi connectivity index (χ3v) is 3.06. The van der Waals surface area contributed by atoms with Gasteiger partial charge in [-0.25, -0.2) is 0 Å². The number of carboxylic acids is 1. The molecular weight excluding hydrogens is 381 g/mol. The zero-order valence-corrected chi connectivity index (χ0v) is 12.2. The summed E-state index contributed by atoms with van der Waals surface area (Å²) >= 11 is 0. The molecule has 0 atom stereocenters. The summed E-state index contributed by atoms with van der Waals surface area (Å²) < 4.78 is 4.81. The van der Waals surface area contributed by atoms with E-state index in [1.54, 1.807) is 0 Å². The molecule has 0 spiro atoms. The van der Waals surface area contributed by atoms with Crippen LogP contribution >= 0.6 is 0 Å². The van der Waals surface area contributed by atoms with Crippen molar-refractivity contribution in [3.05, 3.63) is 0 Å². The molecule has 0 unspecified atom stereocenters. The number of aliphatic carboxylic acids is 1. The molecule has 0 fully saturated rings. The number of carbonyl (C=O) groups excluding carboxylic acids is 1. The van der Waals surface area contributed by atoms with Crippen LogP contribution < -0.4 is 0 Å². The van der Waals surface area contributed by atoms with E-state index >= 15 is 0 Å². The fourth-order valence-corrected chi connectivity index (χ4v) is 1.95. The van der Waals surface area contributed by atoms with Gasteiger partial charge in [-0.2, -0.15) is 0 Å². The molecule has 1 N–H and O–H groups in total. The third kappa shape index (κ3) is 18.5. The first-order valence-corrected chi connectivity index (χ1v) is 7.54. The predicted molar refractivity (Wildman–Crippen MR) is 83.6 cm³/mol. The topological polar surface area (TPSA) is 63.6 Å². The van der Waals surface area contributed by atoms with Crippen molar-refractivity contribution in [3.63, 3.8) is 0 Å². The van der Waals surface area contributed by atoms with Gasteiger partial charge in [-0.15, -0.1) is 0 Å². The molecule has 0 aliphatic heterocycles. The molecular formula is C15H30BaO4.